The van der Waals surface area contributed by atoms with Crippen LogP contribution in [0.15, 0.2) is 217 Å². The van der Waals surface area contributed by atoms with Crippen LogP contribution in [0.4, 0.5) is 0 Å². The second-order valence-corrected chi connectivity index (χ2v) is 16.2. The smallest absolute Gasteiger partial charge is 0.161 e. The highest BCUT2D eigenvalue weighted by Crippen LogP contribution is 2.63. The van der Waals surface area contributed by atoms with Gasteiger partial charge in [-0.15, -0.1) is 0 Å². The van der Waals surface area contributed by atoms with Gasteiger partial charge >= 0.3 is 0 Å². The summed E-state index contributed by atoms with van der Waals surface area (Å²) in [7, 11) is 0. The zero-order chi connectivity index (χ0) is 41.5. The van der Waals surface area contributed by atoms with Crippen LogP contribution in [0.5, 0.6) is 11.5 Å². The summed E-state index contributed by atoms with van der Waals surface area (Å²) >= 11 is 0. The van der Waals surface area contributed by atoms with E-state index >= 15 is 0 Å². The van der Waals surface area contributed by atoms with E-state index in [0.717, 1.165) is 95.0 Å². The van der Waals surface area contributed by atoms with Gasteiger partial charge in [-0.3, -0.25) is 4.98 Å². The maximum Gasteiger partial charge on any atom is 0.161 e. The molecule has 2 aliphatic rings. The molecule has 11 aromatic rings. The van der Waals surface area contributed by atoms with Crippen molar-refractivity contribution in [2.75, 3.05) is 0 Å². The fourth-order valence-electron chi connectivity index (χ4n) is 10.2. The lowest BCUT2D eigenvalue weighted by Gasteiger charge is -2.40. The van der Waals surface area contributed by atoms with Gasteiger partial charge < -0.3 is 9.15 Å². The molecule has 3 aromatic heterocycles. The van der Waals surface area contributed by atoms with E-state index in [1.54, 1.807) is 6.20 Å². The molecule has 8 aromatic carbocycles. The largest absolute Gasteiger partial charge is 0.456 e. The predicted octanol–water partition coefficient (Wildman–Crippen LogP) is 14.6. The number of furan rings is 1. The van der Waals surface area contributed by atoms with E-state index in [2.05, 4.69) is 170 Å². The van der Waals surface area contributed by atoms with Gasteiger partial charge in [0.15, 0.2) is 5.82 Å². The van der Waals surface area contributed by atoms with E-state index in [-0.39, 0.29) is 0 Å². The van der Waals surface area contributed by atoms with E-state index in [0.29, 0.717) is 5.82 Å². The van der Waals surface area contributed by atoms with Crippen molar-refractivity contribution in [1.82, 2.24) is 15.0 Å². The molecule has 5 heteroatoms. The number of hydrogen-bond acceptors (Lipinski definition) is 5. The molecule has 0 saturated carbocycles. The Bertz CT molecular complexity index is 3560. The summed E-state index contributed by atoms with van der Waals surface area (Å²) in [5.41, 5.74) is 16.6. The molecule has 0 fully saturated rings. The van der Waals surface area contributed by atoms with Crippen LogP contribution < -0.4 is 4.74 Å². The quantitative estimate of drug-likeness (QED) is 0.173. The number of pyridine rings is 1. The first-order chi connectivity index (χ1) is 31.2. The van der Waals surface area contributed by atoms with Crippen molar-refractivity contribution in [3.05, 3.63) is 235 Å². The minimum atomic E-state index is -0.576. The number of aromatic nitrogens is 3. The Labute approximate surface area is 363 Å². The highest BCUT2D eigenvalue weighted by atomic mass is 16.5. The topological polar surface area (TPSA) is 61.0 Å². The summed E-state index contributed by atoms with van der Waals surface area (Å²) in [6.07, 6.45) is 1.80. The fraction of sp³-hybridized carbons (Fsp3) is 0.0172. The van der Waals surface area contributed by atoms with E-state index in [4.69, 9.17) is 24.1 Å². The molecule has 0 bridgehead atoms. The van der Waals surface area contributed by atoms with Crippen LogP contribution in [-0.2, 0) is 5.41 Å². The maximum atomic E-state index is 7.09. The summed E-state index contributed by atoms with van der Waals surface area (Å²) < 4.78 is 13.5. The van der Waals surface area contributed by atoms with E-state index in [9.17, 15) is 0 Å². The molecule has 1 aliphatic heterocycles. The van der Waals surface area contributed by atoms with E-state index in [1.807, 2.05) is 36.4 Å². The van der Waals surface area contributed by atoms with E-state index in [1.165, 1.54) is 22.3 Å². The third-order valence-electron chi connectivity index (χ3n) is 12.9. The molecular formula is C58H35N3O2. The Balaban J connectivity index is 0.979. The first-order valence-electron chi connectivity index (χ1n) is 21.3. The first-order valence-corrected chi connectivity index (χ1v) is 21.3. The number of fused-ring (bicyclic) bond motifs is 12. The zero-order valence-electron chi connectivity index (χ0n) is 33.9. The van der Waals surface area contributed by atoms with Gasteiger partial charge in [0.1, 0.15) is 22.7 Å². The molecule has 1 aliphatic carbocycles. The predicted molar refractivity (Wildman–Crippen MR) is 252 cm³/mol. The Morgan fingerprint density at radius 3 is 1.76 bits per heavy atom. The van der Waals surface area contributed by atoms with Crippen LogP contribution in [0.3, 0.4) is 0 Å². The van der Waals surface area contributed by atoms with Crippen LogP contribution >= 0.6 is 0 Å². The lowest BCUT2D eigenvalue weighted by molar-refractivity contribution is 0.438. The minimum Gasteiger partial charge on any atom is -0.456 e. The Hall–Kier alpha value is -8.41. The number of hydrogen-bond donors (Lipinski definition) is 0. The number of para-hydroxylation sites is 4. The number of rotatable bonds is 5. The lowest BCUT2D eigenvalue weighted by atomic mass is 9.65. The average molecular weight is 806 g/mol. The molecule has 294 valence electrons. The van der Waals surface area contributed by atoms with Crippen molar-refractivity contribution in [2.45, 2.75) is 5.41 Å². The van der Waals surface area contributed by atoms with Crippen LogP contribution in [0.1, 0.15) is 22.3 Å². The second kappa shape index (κ2) is 13.8. The molecular weight excluding hydrogens is 771 g/mol. The van der Waals surface area contributed by atoms with Crippen LogP contribution in [-0.4, -0.2) is 15.0 Å². The van der Waals surface area contributed by atoms with Gasteiger partial charge in [-0.2, -0.15) is 0 Å². The summed E-state index contributed by atoms with van der Waals surface area (Å²) in [4.78, 5) is 15.3. The van der Waals surface area contributed by atoms with Crippen molar-refractivity contribution >= 4 is 21.9 Å². The highest BCUT2D eigenvalue weighted by molar-refractivity contribution is 6.09. The Morgan fingerprint density at radius 2 is 0.968 bits per heavy atom. The van der Waals surface area contributed by atoms with Crippen molar-refractivity contribution in [3.63, 3.8) is 0 Å². The number of benzene rings is 8. The molecule has 5 nitrogen and oxygen atoms in total. The molecule has 1 spiro atoms. The van der Waals surface area contributed by atoms with Crippen LogP contribution in [0.2, 0.25) is 0 Å². The maximum absolute atomic E-state index is 7.09. The third kappa shape index (κ3) is 5.27. The lowest BCUT2D eigenvalue weighted by Crippen LogP contribution is -2.32. The molecule has 0 radical (unpaired) electrons. The average Bonchev–Trinajstić information content (AvgIpc) is 3.88. The van der Waals surface area contributed by atoms with Gasteiger partial charge in [0.05, 0.1) is 22.5 Å². The van der Waals surface area contributed by atoms with Gasteiger partial charge in [0.2, 0.25) is 0 Å². The monoisotopic (exact) mass is 805 g/mol. The van der Waals surface area contributed by atoms with Crippen molar-refractivity contribution in [2.24, 2.45) is 0 Å². The molecule has 13 rings (SSSR count). The second-order valence-electron chi connectivity index (χ2n) is 16.2. The molecule has 0 unspecified atom stereocenters. The van der Waals surface area contributed by atoms with Gasteiger partial charge in [0, 0.05) is 50.4 Å². The molecule has 4 heterocycles. The summed E-state index contributed by atoms with van der Waals surface area (Å²) in [5, 5.41) is 2.22. The zero-order valence-corrected chi connectivity index (χ0v) is 33.9. The SMILES string of the molecule is c1ccc(-c2cc(-c3ccc(-c4cccc5c4oc4ccccc45)cc3)nc(-c3ccccc3-c3cccc4c3Oc3ccccc3C43c4ccccc4-c4ccccc43)n2)nc1. The van der Waals surface area contributed by atoms with Crippen LogP contribution in [0.25, 0.3) is 89.4 Å². The fourth-order valence-corrected chi connectivity index (χ4v) is 10.2. The first kappa shape index (κ1) is 35.4. The highest BCUT2D eigenvalue weighted by Gasteiger charge is 2.51. The summed E-state index contributed by atoms with van der Waals surface area (Å²) in [6, 6.07) is 72.2. The van der Waals surface area contributed by atoms with Crippen LogP contribution in [0, 0.1) is 0 Å². The molecule has 0 atom stereocenters. The van der Waals surface area contributed by atoms with Gasteiger partial charge in [-0.05, 0) is 63.7 Å². The van der Waals surface area contributed by atoms with Gasteiger partial charge in [-0.25, -0.2) is 9.97 Å². The van der Waals surface area contributed by atoms with E-state index < -0.39 is 5.41 Å². The summed E-state index contributed by atoms with van der Waals surface area (Å²) in [6.45, 7) is 0. The Morgan fingerprint density at radius 1 is 0.381 bits per heavy atom. The standard InChI is InChI=1S/C58H35N3O2/c1-2-19-45(39(15-1)43-22-14-26-49-56(43)63-54-29-10-8-25-48(54)58(49)46-23-6-3-16-40(46)41-17-4-7-24-47(41)58)57-60-51(35-52(61-57)50-27-11-12-34-59-50)37-32-30-36(31-33-37)38-20-13-21-44-42-18-5-9-28-53(42)62-55(38)44/h1-35H. The molecule has 63 heavy (non-hydrogen) atoms. The van der Waals surface area contributed by atoms with Gasteiger partial charge in [0.25, 0.3) is 0 Å². The normalized spacial score (nSPS) is 13.0. The molecule has 0 N–H and O–H groups in total. The Kier molecular flexibility index (Phi) is 7.75. The summed E-state index contributed by atoms with van der Waals surface area (Å²) in [5.74, 6) is 2.27. The number of nitrogens with zero attached hydrogens (tertiary/aromatic N) is 3. The minimum absolute atomic E-state index is 0.576. The third-order valence-corrected chi connectivity index (χ3v) is 12.9. The number of ether oxygens (including phenoxy) is 1. The van der Waals surface area contributed by atoms with Gasteiger partial charge in [-0.1, -0.05) is 176 Å². The molecule has 0 amide bonds. The van der Waals surface area contributed by atoms with Crippen molar-refractivity contribution in [3.8, 4) is 78.9 Å². The van der Waals surface area contributed by atoms with Crippen molar-refractivity contribution < 1.29 is 9.15 Å². The van der Waals surface area contributed by atoms with Crippen molar-refractivity contribution in [1.29, 1.82) is 0 Å². The molecule has 0 saturated heterocycles.